The summed E-state index contributed by atoms with van der Waals surface area (Å²) >= 11 is 0. The molecule has 4 rings (SSSR count). The molecule has 0 amide bonds. The molecule has 0 N–H and O–H groups in total. The van der Waals surface area contributed by atoms with E-state index in [4.69, 9.17) is 4.74 Å². The Morgan fingerprint density at radius 2 is 1.96 bits per heavy atom. The van der Waals surface area contributed by atoms with Crippen molar-refractivity contribution >= 4 is 17.1 Å². The third-order valence-corrected chi connectivity index (χ3v) is 3.88. The van der Waals surface area contributed by atoms with Crippen LogP contribution in [0.5, 0.6) is 0 Å². The number of anilines is 1. The average Bonchev–Trinajstić information content (AvgIpc) is 2.61. The number of nitrogens with zero attached hydrogens (tertiary/aromatic N) is 5. The van der Waals surface area contributed by atoms with E-state index in [0.717, 1.165) is 24.3 Å². The molecule has 1 aliphatic heterocycles. The van der Waals surface area contributed by atoms with Gasteiger partial charge in [0.2, 0.25) is 5.95 Å². The zero-order chi connectivity index (χ0) is 15.6. The molecule has 3 aromatic rings. The molecule has 0 radical (unpaired) electrons. The van der Waals surface area contributed by atoms with Crippen LogP contribution < -0.4 is 4.90 Å². The van der Waals surface area contributed by atoms with Crippen molar-refractivity contribution in [2.45, 2.75) is 13.0 Å². The van der Waals surface area contributed by atoms with Crippen LogP contribution in [0.4, 0.5) is 5.95 Å². The molecule has 0 bridgehead atoms. The van der Waals surface area contributed by atoms with Crippen molar-refractivity contribution < 1.29 is 4.74 Å². The standard InChI is InChI=1S/C17H17N5O/c1-12-11-22(7-8-23-12)17-19-10-15-16(21-17)18-9-14(20-15)13-5-3-2-4-6-13/h2-6,9-10,12H,7-8,11H2,1H3. The minimum atomic E-state index is 0.189. The van der Waals surface area contributed by atoms with E-state index in [1.54, 1.807) is 12.4 Å². The number of hydrogen-bond acceptors (Lipinski definition) is 6. The number of benzene rings is 1. The van der Waals surface area contributed by atoms with Gasteiger partial charge in [0.05, 0.1) is 30.8 Å². The Balaban J connectivity index is 1.68. The van der Waals surface area contributed by atoms with Crippen molar-refractivity contribution in [3.8, 4) is 11.3 Å². The van der Waals surface area contributed by atoms with Gasteiger partial charge in [0, 0.05) is 18.7 Å². The predicted molar refractivity (Wildman–Crippen MR) is 88.2 cm³/mol. The maximum Gasteiger partial charge on any atom is 0.227 e. The second kappa shape index (κ2) is 5.89. The highest BCUT2D eigenvalue weighted by Crippen LogP contribution is 2.19. The third-order valence-electron chi connectivity index (χ3n) is 3.88. The summed E-state index contributed by atoms with van der Waals surface area (Å²) in [5.74, 6) is 0.689. The summed E-state index contributed by atoms with van der Waals surface area (Å²) in [6, 6.07) is 9.98. The molecular weight excluding hydrogens is 290 g/mol. The van der Waals surface area contributed by atoms with Crippen molar-refractivity contribution in [2.75, 3.05) is 24.6 Å². The molecular formula is C17H17N5O. The summed E-state index contributed by atoms with van der Waals surface area (Å²) in [7, 11) is 0. The quantitative estimate of drug-likeness (QED) is 0.724. The van der Waals surface area contributed by atoms with Crippen LogP contribution in [0, 0.1) is 0 Å². The van der Waals surface area contributed by atoms with Crippen LogP contribution in [-0.4, -0.2) is 45.7 Å². The Morgan fingerprint density at radius 1 is 1.09 bits per heavy atom. The van der Waals surface area contributed by atoms with Gasteiger partial charge in [-0.15, -0.1) is 0 Å². The molecule has 1 unspecified atom stereocenters. The van der Waals surface area contributed by atoms with E-state index in [2.05, 4.69) is 31.8 Å². The second-order valence-corrected chi connectivity index (χ2v) is 5.63. The Kier molecular flexibility index (Phi) is 3.59. The van der Waals surface area contributed by atoms with Crippen LogP contribution >= 0.6 is 0 Å². The summed E-state index contributed by atoms with van der Waals surface area (Å²) in [5.41, 5.74) is 3.19. The highest BCUT2D eigenvalue weighted by atomic mass is 16.5. The van der Waals surface area contributed by atoms with E-state index in [1.807, 2.05) is 30.3 Å². The molecule has 1 atom stereocenters. The summed E-state index contributed by atoms with van der Waals surface area (Å²) in [6.07, 6.45) is 3.70. The lowest BCUT2D eigenvalue weighted by molar-refractivity contribution is 0.0526. The van der Waals surface area contributed by atoms with Crippen LogP contribution in [0.15, 0.2) is 42.7 Å². The predicted octanol–water partition coefficient (Wildman–Crippen LogP) is 2.31. The fourth-order valence-electron chi connectivity index (χ4n) is 2.71. The van der Waals surface area contributed by atoms with E-state index < -0.39 is 0 Å². The lowest BCUT2D eigenvalue weighted by Gasteiger charge is -2.30. The molecule has 2 aromatic heterocycles. The van der Waals surface area contributed by atoms with Gasteiger partial charge in [-0.25, -0.2) is 15.0 Å². The SMILES string of the molecule is CC1CN(c2ncc3nc(-c4ccccc4)cnc3n2)CCO1. The van der Waals surface area contributed by atoms with Crippen LogP contribution in [-0.2, 0) is 4.74 Å². The molecule has 0 spiro atoms. The van der Waals surface area contributed by atoms with E-state index >= 15 is 0 Å². The highest BCUT2D eigenvalue weighted by molar-refractivity contribution is 5.73. The Hall–Kier alpha value is -2.60. The van der Waals surface area contributed by atoms with Gasteiger partial charge in [-0.1, -0.05) is 30.3 Å². The van der Waals surface area contributed by atoms with Gasteiger partial charge >= 0.3 is 0 Å². The van der Waals surface area contributed by atoms with E-state index in [9.17, 15) is 0 Å². The minimum Gasteiger partial charge on any atom is -0.375 e. The number of hydrogen-bond donors (Lipinski definition) is 0. The summed E-state index contributed by atoms with van der Waals surface area (Å²) < 4.78 is 5.56. The van der Waals surface area contributed by atoms with Crippen LogP contribution in [0.2, 0.25) is 0 Å². The molecule has 3 heterocycles. The highest BCUT2D eigenvalue weighted by Gasteiger charge is 2.19. The van der Waals surface area contributed by atoms with Gasteiger partial charge in [-0.2, -0.15) is 4.98 Å². The Morgan fingerprint density at radius 3 is 2.78 bits per heavy atom. The van der Waals surface area contributed by atoms with Crippen molar-refractivity contribution in [1.29, 1.82) is 0 Å². The molecule has 1 aromatic carbocycles. The molecule has 1 fully saturated rings. The monoisotopic (exact) mass is 307 g/mol. The lowest BCUT2D eigenvalue weighted by atomic mass is 10.2. The van der Waals surface area contributed by atoms with Gasteiger partial charge < -0.3 is 9.64 Å². The minimum absolute atomic E-state index is 0.189. The number of ether oxygens (including phenoxy) is 1. The first-order valence-electron chi connectivity index (χ1n) is 7.71. The molecule has 0 aliphatic carbocycles. The van der Waals surface area contributed by atoms with Crippen molar-refractivity contribution in [2.24, 2.45) is 0 Å². The van der Waals surface area contributed by atoms with Gasteiger partial charge in [0.15, 0.2) is 5.65 Å². The van der Waals surface area contributed by atoms with Crippen LogP contribution in [0.1, 0.15) is 6.92 Å². The van der Waals surface area contributed by atoms with Gasteiger partial charge in [-0.05, 0) is 6.92 Å². The Bertz CT molecular complexity index is 824. The smallest absolute Gasteiger partial charge is 0.227 e. The number of morpholine rings is 1. The van der Waals surface area contributed by atoms with Crippen molar-refractivity contribution in [1.82, 2.24) is 19.9 Å². The first-order chi connectivity index (χ1) is 11.3. The van der Waals surface area contributed by atoms with Gasteiger partial charge in [0.1, 0.15) is 5.52 Å². The van der Waals surface area contributed by atoms with E-state index in [0.29, 0.717) is 23.7 Å². The maximum absolute atomic E-state index is 5.56. The summed E-state index contributed by atoms with van der Waals surface area (Å²) in [5, 5.41) is 0. The zero-order valence-corrected chi connectivity index (χ0v) is 12.9. The largest absolute Gasteiger partial charge is 0.375 e. The van der Waals surface area contributed by atoms with Crippen LogP contribution in [0.3, 0.4) is 0 Å². The molecule has 6 heteroatoms. The number of fused-ring (bicyclic) bond motifs is 1. The van der Waals surface area contributed by atoms with Crippen molar-refractivity contribution in [3.63, 3.8) is 0 Å². The van der Waals surface area contributed by atoms with E-state index in [-0.39, 0.29) is 6.10 Å². The Labute approximate surface area is 134 Å². The zero-order valence-electron chi connectivity index (χ0n) is 12.9. The summed E-state index contributed by atoms with van der Waals surface area (Å²) in [4.78, 5) is 20.2. The second-order valence-electron chi connectivity index (χ2n) is 5.63. The molecule has 116 valence electrons. The normalized spacial score (nSPS) is 18.3. The van der Waals surface area contributed by atoms with Crippen molar-refractivity contribution in [3.05, 3.63) is 42.7 Å². The van der Waals surface area contributed by atoms with Gasteiger partial charge in [0.25, 0.3) is 0 Å². The lowest BCUT2D eigenvalue weighted by Crippen LogP contribution is -2.42. The molecule has 1 saturated heterocycles. The molecule has 1 aliphatic rings. The van der Waals surface area contributed by atoms with E-state index in [1.165, 1.54) is 0 Å². The van der Waals surface area contributed by atoms with Crippen LogP contribution in [0.25, 0.3) is 22.4 Å². The first-order valence-corrected chi connectivity index (χ1v) is 7.71. The number of rotatable bonds is 2. The fraction of sp³-hybridized carbons (Fsp3) is 0.294. The average molecular weight is 307 g/mol. The molecule has 6 nitrogen and oxygen atoms in total. The summed E-state index contributed by atoms with van der Waals surface area (Å²) in [6.45, 7) is 4.34. The third kappa shape index (κ3) is 2.85. The molecule has 0 saturated carbocycles. The number of aromatic nitrogens is 4. The maximum atomic E-state index is 5.56. The molecule has 23 heavy (non-hydrogen) atoms. The van der Waals surface area contributed by atoms with Gasteiger partial charge in [-0.3, -0.25) is 0 Å². The fourth-order valence-corrected chi connectivity index (χ4v) is 2.71. The first kappa shape index (κ1) is 14.0. The topological polar surface area (TPSA) is 64.0 Å².